The van der Waals surface area contributed by atoms with Crippen LogP contribution in [0.4, 0.5) is 0 Å². The zero-order valence-corrected chi connectivity index (χ0v) is 29.4. The highest BCUT2D eigenvalue weighted by molar-refractivity contribution is 6.31. The standard InChI is InChI=1S/C35H41ClO14/c1-19(37)44-18-31(45-20(2)38)33(47-22(4)40)35(49-24(6)42)34(48-23(5)41)32(46-21(3)39)26-9-12-30(36)27(16-26)15-25-7-10-28(11-8-25)50-29-13-14-43-17-29/h7-12,16,29,31-35H,13-15,17-18H2,1-6H3/t29-,31+,32+,33+,34-,35-/m0/s1. The van der Waals surface area contributed by atoms with Crippen LogP contribution in [0.25, 0.3) is 0 Å². The average molecular weight is 721 g/mol. The number of benzene rings is 2. The molecule has 272 valence electrons. The van der Waals surface area contributed by atoms with E-state index in [4.69, 9.17) is 49.5 Å². The predicted molar refractivity (Wildman–Crippen MR) is 174 cm³/mol. The van der Waals surface area contributed by atoms with E-state index in [1.165, 1.54) is 6.07 Å². The summed E-state index contributed by atoms with van der Waals surface area (Å²) < 4.78 is 44.1. The van der Waals surface area contributed by atoms with Crippen LogP contribution in [-0.4, -0.2) is 86.2 Å². The number of esters is 6. The lowest BCUT2D eigenvalue weighted by Crippen LogP contribution is -2.54. The molecule has 0 amide bonds. The van der Waals surface area contributed by atoms with E-state index in [-0.39, 0.29) is 11.7 Å². The lowest BCUT2D eigenvalue weighted by molar-refractivity contribution is -0.214. The van der Waals surface area contributed by atoms with Gasteiger partial charge in [-0.15, -0.1) is 0 Å². The van der Waals surface area contributed by atoms with Crippen LogP contribution in [0.5, 0.6) is 5.75 Å². The minimum atomic E-state index is -1.78. The van der Waals surface area contributed by atoms with Crippen molar-refractivity contribution >= 4 is 47.4 Å². The molecule has 0 N–H and O–H groups in total. The van der Waals surface area contributed by atoms with E-state index < -0.39 is 72.9 Å². The lowest BCUT2D eigenvalue weighted by atomic mass is 9.92. The van der Waals surface area contributed by atoms with Crippen molar-refractivity contribution in [2.75, 3.05) is 19.8 Å². The van der Waals surface area contributed by atoms with Gasteiger partial charge in [0.05, 0.1) is 13.2 Å². The summed E-state index contributed by atoms with van der Waals surface area (Å²) in [6.07, 6.45) is -7.15. The molecule has 3 rings (SSSR count). The normalized spacial score (nSPS) is 16.8. The second-order valence-corrected chi connectivity index (χ2v) is 11.9. The van der Waals surface area contributed by atoms with E-state index >= 15 is 0 Å². The Morgan fingerprint density at radius 1 is 0.720 bits per heavy atom. The van der Waals surface area contributed by atoms with Crippen molar-refractivity contribution in [1.82, 2.24) is 0 Å². The quantitative estimate of drug-likeness (QED) is 0.180. The molecule has 1 heterocycles. The van der Waals surface area contributed by atoms with Crippen molar-refractivity contribution in [3.05, 3.63) is 64.2 Å². The molecule has 0 saturated carbocycles. The Bertz CT molecular complexity index is 1520. The fourth-order valence-corrected chi connectivity index (χ4v) is 5.46. The summed E-state index contributed by atoms with van der Waals surface area (Å²) in [7, 11) is 0. The molecule has 0 bridgehead atoms. The van der Waals surface area contributed by atoms with Crippen LogP contribution in [0.1, 0.15) is 70.8 Å². The van der Waals surface area contributed by atoms with Gasteiger partial charge in [0, 0.05) is 53.0 Å². The van der Waals surface area contributed by atoms with Gasteiger partial charge in [-0.1, -0.05) is 35.9 Å². The number of hydrogen-bond donors (Lipinski definition) is 0. The fraction of sp³-hybridized carbons (Fsp3) is 0.486. The topological polar surface area (TPSA) is 176 Å². The molecular formula is C35H41ClO14. The van der Waals surface area contributed by atoms with Gasteiger partial charge in [0.15, 0.2) is 30.5 Å². The molecule has 0 spiro atoms. The minimum Gasteiger partial charge on any atom is -0.488 e. The van der Waals surface area contributed by atoms with Crippen LogP contribution in [-0.2, 0) is 68.3 Å². The van der Waals surface area contributed by atoms with Gasteiger partial charge in [-0.25, -0.2) is 0 Å². The van der Waals surface area contributed by atoms with E-state index in [1.54, 1.807) is 12.1 Å². The maximum absolute atomic E-state index is 12.6. The van der Waals surface area contributed by atoms with Gasteiger partial charge in [-0.2, -0.15) is 0 Å². The summed E-state index contributed by atoms with van der Waals surface area (Å²) in [5.74, 6) is -4.49. The molecule has 0 unspecified atom stereocenters. The zero-order valence-electron chi connectivity index (χ0n) is 28.6. The third kappa shape index (κ3) is 12.6. The first kappa shape index (κ1) is 39.7. The van der Waals surface area contributed by atoms with Gasteiger partial charge < -0.3 is 37.9 Å². The van der Waals surface area contributed by atoms with Crippen molar-refractivity contribution < 1.29 is 66.7 Å². The highest BCUT2D eigenvalue weighted by atomic mass is 35.5. The summed E-state index contributed by atoms with van der Waals surface area (Å²) in [4.78, 5) is 73.8. The molecule has 0 radical (unpaired) electrons. The Morgan fingerprint density at radius 2 is 1.30 bits per heavy atom. The molecule has 1 aliphatic rings. The van der Waals surface area contributed by atoms with Crippen molar-refractivity contribution in [1.29, 1.82) is 0 Å². The monoisotopic (exact) mass is 720 g/mol. The SMILES string of the molecule is CC(=O)OC[C@@H](OC(C)=O)[C@@H](OC(C)=O)[C@H](OC(C)=O)[C@@H](OC(C)=O)[C@H](OC(C)=O)c1ccc(Cl)c(Cc2ccc(O[C@H]3CCOC3)cc2)c1. The molecule has 50 heavy (non-hydrogen) atoms. The number of halogens is 1. The van der Waals surface area contributed by atoms with Crippen LogP contribution < -0.4 is 4.74 Å². The van der Waals surface area contributed by atoms with Gasteiger partial charge >= 0.3 is 35.8 Å². The Balaban J connectivity index is 2.09. The molecule has 2 aromatic rings. The molecule has 6 atom stereocenters. The van der Waals surface area contributed by atoms with Gasteiger partial charge in [-0.3, -0.25) is 28.8 Å². The van der Waals surface area contributed by atoms with Crippen LogP contribution in [0, 0.1) is 0 Å². The second kappa shape index (κ2) is 18.9. The Labute approximate surface area is 294 Å². The van der Waals surface area contributed by atoms with E-state index in [1.807, 2.05) is 24.3 Å². The fourth-order valence-electron chi connectivity index (χ4n) is 5.27. The molecule has 1 fully saturated rings. The molecule has 14 nitrogen and oxygen atoms in total. The smallest absolute Gasteiger partial charge is 0.303 e. The molecule has 0 aromatic heterocycles. The molecule has 15 heteroatoms. The Kier molecular flexibility index (Phi) is 15.0. The zero-order chi connectivity index (χ0) is 37.0. The van der Waals surface area contributed by atoms with Gasteiger partial charge in [0.1, 0.15) is 18.5 Å². The van der Waals surface area contributed by atoms with Crippen LogP contribution in [0.15, 0.2) is 42.5 Å². The third-order valence-corrected chi connectivity index (χ3v) is 7.56. The van der Waals surface area contributed by atoms with Gasteiger partial charge in [0.25, 0.3) is 0 Å². The summed E-state index contributed by atoms with van der Waals surface area (Å²) >= 11 is 6.61. The van der Waals surface area contributed by atoms with E-state index in [0.717, 1.165) is 53.5 Å². The van der Waals surface area contributed by atoms with Crippen LogP contribution in [0.3, 0.4) is 0 Å². The van der Waals surface area contributed by atoms with E-state index in [9.17, 15) is 28.8 Å². The molecular weight excluding hydrogens is 680 g/mol. The molecule has 1 saturated heterocycles. The average Bonchev–Trinajstić information content (AvgIpc) is 3.53. The second-order valence-electron chi connectivity index (χ2n) is 11.5. The first-order chi connectivity index (χ1) is 23.6. The summed E-state index contributed by atoms with van der Waals surface area (Å²) in [6.45, 7) is 6.93. The van der Waals surface area contributed by atoms with Gasteiger partial charge in [0.2, 0.25) is 0 Å². The minimum absolute atomic E-state index is 0.0161. The maximum Gasteiger partial charge on any atom is 0.303 e. The Hall–Kier alpha value is -4.69. The molecule has 0 aliphatic carbocycles. The van der Waals surface area contributed by atoms with Crippen LogP contribution in [0.2, 0.25) is 5.02 Å². The number of carbonyl (C=O) groups is 6. The van der Waals surface area contributed by atoms with Gasteiger partial charge in [-0.05, 0) is 41.3 Å². The summed E-state index contributed by atoms with van der Waals surface area (Å²) in [6, 6.07) is 12.1. The number of rotatable bonds is 16. The molecule has 2 aromatic carbocycles. The van der Waals surface area contributed by atoms with E-state index in [0.29, 0.717) is 36.0 Å². The largest absolute Gasteiger partial charge is 0.488 e. The maximum atomic E-state index is 12.6. The van der Waals surface area contributed by atoms with Crippen molar-refractivity contribution in [2.45, 2.75) is 91.0 Å². The summed E-state index contributed by atoms with van der Waals surface area (Å²) in [5.41, 5.74) is 1.71. The van der Waals surface area contributed by atoms with E-state index in [2.05, 4.69) is 0 Å². The summed E-state index contributed by atoms with van der Waals surface area (Å²) in [5, 5.41) is 0.369. The first-order valence-corrected chi connectivity index (χ1v) is 16.1. The van der Waals surface area contributed by atoms with Crippen LogP contribution >= 0.6 is 11.6 Å². The van der Waals surface area contributed by atoms with Crippen molar-refractivity contribution in [2.24, 2.45) is 0 Å². The third-order valence-electron chi connectivity index (χ3n) is 7.19. The first-order valence-electron chi connectivity index (χ1n) is 15.7. The van der Waals surface area contributed by atoms with Crippen molar-refractivity contribution in [3.63, 3.8) is 0 Å². The Morgan fingerprint density at radius 3 is 1.84 bits per heavy atom. The number of hydrogen-bond acceptors (Lipinski definition) is 14. The highest BCUT2D eigenvalue weighted by Crippen LogP contribution is 2.34. The number of ether oxygens (including phenoxy) is 8. The molecule has 1 aliphatic heterocycles. The highest BCUT2D eigenvalue weighted by Gasteiger charge is 2.48. The lowest BCUT2D eigenvalue weighted by Gasteiger charge is -2.38. The predicted octanol–water partition coefficient (Wildman–Crippen LogP) is 3.99. The van der Waals surface area contributed by atoms with Crippen molar-refractivity contribution in [3.8, 4) is 5.75 Å². The number of carbonyl (C=O) groups excluding carboxylic acids is 6.